The molecule has 1 aromatic carbocycles. The lowest BCUT2D eigenvalue weighted by Gasteiger charge is -1.99. The fourth-order valence-electron chi connectivity index (χ4n) is 1.73. The van der Waals surface area contributed by atoms with Crippen LogP contribution in [0.3, 0.4) is 0 Å². The van der Waals surface area contributed by atoms with Crippen molar-refractivity contribution in [2.24, 2.45) is 0 Å². The second-order valence-corrected chi connectivity index (χ2v) is 5.39. The van der Waals surface area contributed by atoms with Gasteiger partial charge in [-0.25, -0.2) is 0 Å². The Morgan fingerprint density at radius 3 is 2.67 bits per heavy atom. The fraction of sp³-hybridized carbons (Fsp3) is 0.357. The van der Waals surface area contributed by atoms with Crippen LogP contribution in [0.4, 0.5) is 0 Å². The summed E-state index contributed by atoms with van der Waals surface area (Å²) in [6.45, 7) is 4.16. The Labute approximate surface area is 112 Å². The molecule has 0 atom stereocenters. The van der Waals surface area contributed by atoms with Crippen molar-refractivity contribution in [3.8, 4) is 5.88 Å². The molecule has 0 aliphatic carbocycles. The van der Waals surface area contributed by atoms with Gasteiger partial charge in [-0.1, -0.05) is 31.0 Å². The van der Waals surface area contributed by atoms with E-state index in [4.69, 9.17) is 0 Å². The second-order valence-electron chi connectivity index (χ2n) is 4.34. The van der Waals surface area contributed by atoms with Gasteiger partial charge in [-0.05, 0) is 25.5 Å². The molecule has 1 heterocycles. The van der Waals surface area contributed by atoms with Gasteiger partial charge in [0.1, 0.15) is 5.82 Å². The van der Waals surface area contributed by atoms with E-state index in [-0.39, 0.29) is 5.88 Å². The Bertz CT molecular complexity index is 505. The maximum atomic E-state index is 9.64. The number of nitrogens with zero attached hydrogens (tertiary/aromatic N) is 1. The molecule has 0 spiro atoms. The molecule has 96 valence electrons. The van der Waals surface area contributed by atoms with Gasteiger partial charge >= 0.3 is 0 Å². The third-order valence-corrected chi connectivity index (χ3v) is 3.73. The highest BCUT2D eigenvalue weighted by atomic mass is 32.2. The number of aromatic hydroxyl groups is 1. The molecule has 3 nitrogen and oxygen atoms in total. The van der Waals surface area contributed by atoms with Crippen LogP contribution in [0.2, 0.25) is 0 Å². The number of hydrogen-bond acceptors (Lipinski definition) is 3. The quantitative estimate of drug-likeness (QED) is 0.808. The van der Waals surface area contributed by atoms with Crippen LogP contribution in [-0.4, -0.2) is 15.1 Å². The van der Waals surface area contributed by atoms with Crippen LogP contribution in [0.5, 0.6) is 5.88 Å². The number of imidazole rings is 1. The number of nitrogens with one attached hydrogen (secondary N) is 1. The SMILES string of the molecule is CCCc1[nH]c(CSc2ccc(C)cc2)nc1O. The summed E-state index contributed by atoms with van der Waals surface area (Å²) in [7, 11) is 0. The van der Waals surface area contributed by atoms with Crippen LogP contribution >= 0.6 is 11.8 Å². The molecule has 0 aliphatic rings. The fourth-order valence-corrected chi connectivity index (χ4v) is 2.50. The maximum Gasteiger partial charge on any atom is 0.232 e. The molecule has 2 rings (SSSR count). The van der Waals surface area contributed by atoms with E-state index in [1.807, 2.05) is 0 Å². The lowest BCUT2D eigenvalue weighted by molar-refractivity contribution is 0.448. The maximum absolute atomic E-state index is 9.64. The van der Waals surface area contributed by atoms with Crippen molar-refractivity contribution in [1.82, 2.24) is 9.97 Å². The summed E-state index contributed by atoms with van der Waals surface area (Å²) >= 11 is 1.72. The van der Waals surface area contributed by atoms with Gasteiger partial charge in [-0.3, -0.25) is 0 Å². The summed E-state index contributed by atoms with van der Waals surface area (Å²) in [6.07, 6.45) is 1.84. The molecule has 0 unspecified atom stereocenters. The number of benzene rings is 1. The summed E-state index contributed by atoms with van der Waals surface area (Å²) in [4.78, 5) is 8.54. The Morgan fingerprint density at radius 1 is 1.28 bits per heavy atom. The van der Waals surface area contributed by atoms with Gasteiger partial charge in [0, 0.05) is 4.90 Å². The van der Waals surface area contributed by atoms with Gasteiger partial charge in [0.25, 0.3) is 0 Å². The van der Waals surface area contributed by atoms with E-state index in [2.05, 4.69) is 48.1 Å². The summed E-state index contributed by atoms with van der Waals surface area (Å²) in [6, 6.07) is 8.42. The van der Waals surface area contributed by atoms with Gasteiger partial charge in [-0.2, -0.15) is 4.98 Å². The zero-order valence-corrected chi connectivity index (χ0v) is 11.5. The molecule has 0 bridgehead atoms. The number of H-pyrrole nitrogens is 1. The van der Waals surface area contributed by atoms with Crippen molar-refractivity contribution in [3.63, 3.8) is 0 Å². The van der Waals surface area contributed by atoms with Crippen LogP contribution in [0.25, 0.3) is 0 Å². The van der Waals surface area contributed by atoms with Crippen LogP contribution in [-0.2, 0) is 12.2 Å². The van der Waals surface area contributed by atoms with E-state index < -0.39 is 0 Å². The molecule has 18 heavy (non-hydrogen) atoms. The van der Waals surface area contributed by atoms with Crippen molar-refractivity contribution in [2.45, 2.75) is 37.3 Å². The molecule has 4 heteroatoms. The average molecular weight is 262 g/mol. The Hall–Kier alpha value is -1.42. The highest BCUT2D eigenvalue weighted by molar-refractivity contribution is 7.98. The molecule has 0 fully saturated rings. The number of hydrogen-bond donors (Lipinski definition) is 2. The average Bonchev–Trinajstić information content (AvgIpc) is 2.70. The monoisotopic (exact) mass is 262 g/mol. The predicted molar refractivity (Wildman–Crippen MR) is 75.0 cm³/mol. The van der Waals surface area contributed by atoms with Crippen molar-refractivity contribution in [3.05, 3.63) is 41.3 Å². The molecule has 0 amide bonds. The molecule has 0 saturated carbocycles. The highest BCUT2D eigenvalue weighted by Crippen LogP contribution is 2.24. The van der Waals surface area contributed by atoms with Gasteiger partial charge in [0.2, 0.25) is 5.88 Å². The van der Waals surface area contributed by atoms with E-state index in [1.54, 1.807) is 11.8 Å². The smallest absolute Gasteiger partial charge is 0.232 e. The molecule has 0 aliphatic heterocycles. The van der Waals surface area contributed by atoms with E-state index in [9.17, 15) is 5.11 Å². The molecule has 2 N–H and O–H groups in total. The number of aryl methyl sites for hydroxylation is 2. The number of thioether (sulfide) groups is 1. The Balaban J connectivity index is 1.97. The molecule has 0 saturated heterocycles. The minimum atomic E-state index is 0.149. The largest absolute Gasteiger partial charge is 0.492 e. The van der Waals surface area contributed by atoms with E-state index in [0.29, 0.717) is 0 Å². The third-order valence-electron chi connectivity index (χ3n) is 2.70. The summed E-state index contributed by atoms with van der Waals surface area (Å²) < 4.78 is 0. The molecule has 0 radical (unpaired) electrons. The van der Waals surface area contributed by atoms with Gasteiger partial charge in [-0.15, -0.1) is 11.8 Å². The first-order valence-electron chi connectivity index (χ1n) is 6.15. The molecule has 2 aromatic rings. The Kier molecular flexibility index (Phi) is 4.31. The normalized spacial score (nSPS) is 10.8. The summed E-state index contributed by atoms with van der Waals surface area (Å²) in [5.74, 6) is 1.73. The minimum Gasteiger partial charge on any atom is -0.492 e. The first-order chi connectivity index (χ1) is 8.69. The number of aromatic amines is 1. The zero-order chi connectivity index (χ0) is 13.0. The highest BCUT2D eigenvalue weighted by Gasteiger charge is 2.08. The predicted octanol–water partition coefficient (Wildman–Crippen LogP) is 3.67. The standard InChI is InChI=1S/C14H18N2OS/c1-3-4-12-14(17)16-13(15-12)9-18-11-7-5-10(2)6-8-11/h5-8,17H,3-4,9H2,1-2H3,(H,15,16). The first kappa shape index (κ1) is 13.0. The van der Waals surface area contributed by atoms with Crippen molar-refractivity contribution in [1.29, 1.82) is 0 Å². The van der Waals surface area contributed by atoms with E-state index >= 15 is 0 Å². The van der Waals surface area contributed by atoms with Crippen LogP contribution in [0, 0.1) is 6.92 Å². The van der Waals surface area contributed by atoms with Crippen molar-refractivity contribution in [2.75, 3.05) is 0 Å². The molecule has 1 aromatic heterocycles. The van der Waals surface area contributed by atoms with Crippen LogP contribution in [0.1, 0.15) is 30.4 Å². The van der Waals surface area contributed by atoms with Crippen LogP contribution < -0.4 is 0 Å². The summed E-state index contributed by atoms with van der Waals surface area (Å²) in [5.41, 5.74) is 2.11. The zero-order valence-electron chi connectivity index (χ0n) is 10.7. The van der Waals surface area contributed by atoms with Crippen LogP contribution in [0.15, 0.2) is 29.2 Å². The van der Waals surface area contributed by atoms with Gasteiger partial charge < -0.3 is 10.1 Å². The van der Waals surface area contributed by atoms with E-state index in [1.165, 1.54) is 10.5 Å². The Morgan fingerprint density at radius 2 is 2.00 bits per heavy atom. The summed E-state index contributed by atoms with van der Waals surface area (Å²) in [5, 5.41) is 9.64. The lowest BCUT2D eigenvalue weighted by atomic mass is 10.2. The first-order valence-corrected chi connectivity index (χ1v) is 7.13. The minimum absolute atomic E-state index is 0.149. The molecular weight excluding hydrogens is 244 g/mol. The van der Waals surface area contributed by atoms with Gasteiger partial charge in [0.15, 0.2) is 0 Å². The molecular formula is C14H18N2OS. The number of aromatic nitrogens is 2. The lowest BCUT2D eigenvalue weighted by Crippen LogP contribution is -1.86. The van der Waals surface area contributed by atoms with Crippen molar-refractivity contribution >= 4 is 11.8 Å². The number of rotatable bonds is 5. The second kappa shape index (κ2) is 5.96. The van der Waals surface area contributed by atoms with E-state index in [0.717, 1.165) is 30.1 Å². The van der Waals surface area contributed by atoms with Gasteiger partial charge in [0.05, 0.1) is 11.4 Å². The topological polar surface area (TPSA) is 48.9 Å². The third kappa shape index (κ3) is 3.29. The van der Waals surface area contributed by atoms with Crippen molar-refractivity contribution < 1.29 is 5.11 Å².